The van der Waals surface area contributed by atoms with E-state index in [-0.39, 0.29) is 0 Å². The van der Waals surface area contributed by atoms with Crippen molar-refractivity contribution in [3.05, 3.63) is 15.5 Å². The minimum Gasteiger partial charge on any atom is -0.408 e. The highest BCUT2D eigenvalue weighted by molar-refractivity contribution is 7.97. The zero-order chi connectivity index (χ0) is 11.8. The molecule has 1 fully saturated rings. The minimum absolute atomic E-state index is 0.321. The number of aromatic amines is 1. The maximum atomic E-state index is 5.39. The maximum absolute atomic E-state index is 5.39. The van der Waals surface area contributed by atoms with Crippen LogP contribution in [0.15, 0.2) is 4.42 Å². The zero-order valence-corrected chi connectivity index (χ0v) is 11.7. The first kappa shape index (κ1) is 11.4. The molecule has 1 aliphatic carbocycles. The molecule has 0 unspecified atom stereocenters. The fraction of sp³-hybridized carbons (Fsp3) is 0.500. The van der Waals surface area contributed by atoms with Gasteiger partial charge in [0, 0.05) is 11.7 Å². The lowest BCUT2D eigenvalue weighted by Gasteiger charge is -1.92. The Bertz CT molecular complexity index is 582. The van der Waals surface area contributed by atoms with Crippen molar-refractivity contribution in [1.29, 1.82) is 0 Å². The third kappa shape index (κ3) is 2.31. The fourth-order valence-electron chi connectivity index (χ4n) is 1.68. The van der Waals surface area contributed by atoms with Crippen molar-refractivity contribution in [2.75, 3.05) is 6.26 Å². The predicted molar refractivity (Wildman–Crippen MR) is 72.0 cm³/mol. The summed E-state index contributed by atoms with van der Waals surface area (Å²) in [6.45, 7) is 0. The molecule has 4 nitrogen and oxygen atoms in total. The number of rotatable bonds is 4. The molecule has 2 aromatic heterocycles. The highest BCUT2D eigenvalue weighted by Gasteiger charge is 2.31. The summed E-state index contributed by atoms with van der Waals surface area (Å²) >= 11 is 8.35. The highest BCUT2D eigenvalue weighted by Crippen LogP contribution is 2.46. The molecule has 2 aromatic rings. The molecule has 3 rings (SSSR count). The third-order valence-electron chi connectivity index (χ3n) is 2.56. The number of H-pyrrole nitrogens is 1. The zero-order valence-electron chi connectivity index (χ0n) is 9.23. The van der Waals surface area contributed by atoms with Crippen molar-refractivity contribution in [2.24, 2.45) is 0 Å². The number of hydrogen-bond donors (Lipinski definition) is 1. The maximum Gasteiger partial charge on any atom is 0.284 e. The summed E-state index contributed by atoms with van der Waals surface area (Å²) in [6, 6.07) is 0. The van der Waals surface area contributed by atoms with Crippen molar-refractivity contribution in [3.8, 4) is 10.8 Å². The third-order valence-corrected chi connectivity index (χ3v) is 4.54. The van der Waals surface area contributed by atoms with Crippen molar-refractivity contribution in [1.82, 2.24) is 15.2 Å². The van der Waals surface area contributed by atoms with E-state index in [4.69, 9.17) is 21.6 Å². The van der Waals surface area contributed by atoms with E-state index in [1.807, 2.05) is 0 Å². The van der Waals surface area contributed by atoms with Gasteiger partial charge in [0.2, 0.25) is 0 Å². The van der Waals surface area contributed by atoms with Gasteiger partial charge in [0.25, 0.3) is 10.7 Å². The number of nitrogens with zero attached hydrogens (tertiary/aromatic N) is 2. The van der Waals surface area contributed by atoms with Crippen LogP contribution in [0.2, 0.25) is 0 Å². The Morgan fingerprint density at radius 3 is 3.00 bits per heavy atom. The summed E-state index contributed by atoms with van der Waals surface area (Å²) in [6.07, 6.45) is 4.53. The summed E-state index contributed by atoms with van der Waals surface area (Å²) < 4.78 is 5.39. The van der Waals surface area contributed by atoms with E-state index >= 15 is 0 Å². The predicted octanol–water partition coefficient (Wildman–Crippen LogP) is 3.60. The molecule has 0 radical (unpaired) electrons. The largest absolute Gasteiger partial charge is 0.408 e. The van der Waals surface area contributed by atoms with E-state index < -0.39 is 0 Å². The molecule has 0 atom stereocenters. The van der Waals surface area contributed by atoms with E-state index in [1.165, 1.54) is 12.8 Å². The first-order valence-electron chi connectivity index (χ1n) is 5.32. The van der Waals surface area contributed by atoms with Crippen LogP contribution in [-0.2, 0) is 5.75 Å². The lowest BCUT2D eigenvalue weighted by molar-refractivity contribution is 0.552. The highest BCUT2D eigenvalue weighted by atomic mass is 32.2. The van der Waals surface area contributed by atoms with Gasteiger partial charge in [-0.2, -0.15) is 11.8 Å². The molecule has 0 aliphatic heterocycles. The normalized spacial score (nSPS) is 15.4. The molecule has 0 spiro atoms. The Balaban J connectivity index is 2.04. The van der Waals surface area contributed by atoms with Crippen LogP contribution < -0.4 is 0 Å². The van der Waals surface area contributed by atoms with Gasteiger partial charge in [-0.25, -0.2) is 10.1 Å². The van der Waals surface area contributed by atoms with Gasteiger partial charge in [-0.05, 0) is 31.3 Å². The van der Waals surface area contributed by atoms with Crippen molar-refractivity contribution in [2.45, 2.75) is 24.5 Å². The van der Waals surface area contributed by atoms with E-state index in [1.54, 1.807) is 23.1 Å². The van der Waals surface area contributed by atoms with Gasteiger partial charge in [-0.15, -0.1) is 16.4 Å². The first-order chi connectivity index (χ1) is 8.28. The summed E-state index contributed by atoms with van der Waals surface area (Å²) in [7, 11) is 0. The Morgan fingerprint density at radius 1 is 1.59 bits per heavy atom. The molecule has 90 valence electrons. The standard InChI is InChI=1S/C10H11N3OS3/c1-16-4-6-11-7(5-2-3-5)8(17-6)9-12-13-10(15)14-9/h5H,2-4H2,1H3,(H,13,15). The smallest absolute Gasteiger partial charge is 0.284 e. The van der Waals surface area contributed by atoms with Gasteiger partial charge >= 0.3 is 0 Å². The Hall–Kier alpha value is -0.660. The van der Waals surface area contributed by atoms with Crippen LogP contribution in [0.4, 0.5) is 0 Å². The number of aromatic nitrogens is 3. The molecule has 1 saturated carbocycles. The van der Waals surface area contributed by atoms with Gasteiger partial charge in [-0.3, -0.25) is 0 Å². The van der Waals surface area contributed by atoms with Crippen LogP contribution >= 0.6 is 35.3 Å². The molecule has 1 aliphatic rings. The minimum atomic E-state index is 0.321. The Labute approximate surface area is 112 Å². The van der Waals surface area contributed by atoms with Gasteiger partial charge in [0.1, 0.15) is 9.88 Å². The summed E-state index contributed by atoms with van der Waals surface area (Å²) in [5, 5.41) is 7.90. The van der Waals surface area contributed by atoms with Gasteiger partial charge in [0.15, 0.2) is 0 Å². The second kappa shape index (κ2) is 4.55. The van der Waals surface area contributed by atoms with Crippen molar-refractivity contribution < 1.29 is 4.42 Å². The summed E-state index contributed by atoms with van der Waals surface area (Å²) in [4.78, 5) is 6.06. The van der Waals surface area contributed by atoms with Crippen LogP contribution in [0, 0.1) is 4.84 Å². The van der Waals surface area contributed by atoms with Crippen LogP contribution in [0.3, 0.4) is 0 Å². The van der Waals surface area contributed by atoms with Crippen LogP contribution in [0.5, 0.6) is 0 Å². The fourth-order valence-corrected chi connectivity index (χ4v) is 3.57. The number of thioether (sulfide) groups is 1. The second-order valence-corrected chi connectivity index (χ2v) is 6.27. The second-order valence-electron chi connectivity index (χ2n) is 3.95. The van der Waals surface area contributed by atoms with Gasteiger partial charge in [0.05, 0.1) is 5.69 Å². The number of hydrogen-bond acceptors (Lipinski definition) is 6. The Morgan fingerprint density at radius 2 is 2.41 bits per heavy atom. The molecule has 7 heteroatoms. The van der Waals surface area contributed by atoms with Crippen molar-refractivity contribution >= 4 is 35.3 Å². The average Bonchev–Trinajstić information content (AvgIpc) is 2.93. The van der Waals surface area contributed by atoms with Crippen LogP contribution in [0.1, 0.15) is 29.5 Å². The molecular weight excluding hydrogens is 274 g/mol. The summed E-state index contributed by atoms with van der Waals surface area (Å²) in [5.74, 6) is 2.12. The number of thiazole rings is 1. The van der Waals surface area contributed by atoms with Crippen molar-refractivity contribution in [3.63, 3.8) is 0 Å². The molecule has 0 bridgehead atoms. The lowest BCUT2D eigenvalue weighted by Crippen LogP contribution is -1.85. The van der Waals surface area contributed by atoms with Gasteiger partial charge < -0.3 is 4.42 Å². The lowest BCUT2D eigenvalue weighted by atomic mass is 10.2. The summed E-state index contributed by atoms with van der Waals surface area (Å²) in [5.41, 5.74) is 1.14. The Kier molecular flexibility index (Phi) is 3.06. The van der Waals surface area contributed by atoms with E-state index in [9.17, 15) is 0 Å². The molecule has 1 N–H and O–H groups in total. The first-order valence-corrected chi connectivity index (χ1v) is 7.94. The van der Waals surface area contributed by atoms with Crippen LogP contribution in [-0.4, -0.2) is 21.4 Å². The monoisotopic (exact) mass is 285 g/mol. The van der Waals surface area contributed by atoms with Gasteiger partial charge in [-0.1, -0.05) is 0 Å². The molecule has 0 amide bonds. The quantitative estimate of drug-likeness (QED) is 0.870. The topological polar surface area (TPSA) is 54.7 Å². The van der Waals surface area contributed by atoms with E-state index in [0.717, 1.165) is 21.3 Å². The molecule has 0 saturated heterocycles. The SMILES string of the molecule is CSCc1nc(C2CC2)c(-c2n[nH]c(=S)o2)s1. The average molecular weight is 285 g/mol. The molecular formula is C10H11N3OS3. The number of nitrogens with one attached hydrogen (secondary N) is 1. The molecule has 17 heavy (non-hydrogen) atoms. The molecule has 0 aromatic carbocycles. The molecule has 2 heterocycles. The van der Waals surface area contributed by atoms with E-state index in [2.05, 4.69) is 16.5 Å². The van der Waals surface area contributed by atoms with E-state index in [0.29, 0.717) is 16.6 Å². The van der Waals surface area contributed by atoms with Crippen LogP contribution in [0.25, 0.3) is 10.8 Å².